The molecule has 0 aliphatic heterocycles. The first-order chi connectivity index (χ1) is 8.17. The summed E-state index contributed by atoms with van der Waals surface area (Å²) in [6, 6.07) is 8.18. The highest BCUT2D eigenvalue weighted by atomic mass is 79.9. The second kappa shape index (κ2) is 5.52. The zero-order valence-corrected chi connectivity index (χ0v) is 11.1. The van der Waals surface area contributed by atoms with Crippen molar-refractivity contribution < 1.29 is 5.11 Å². The van der Waals surface area contributed by atoms with Crippen LogP contribution in [0, 0.1) is 11.3 Å². The molecule has 0 bridgehead atoms. The van der Waals surface area contributed by atoms with Gasteiger partial charge in [0.15, 0.2) is 0 Å². The van der Waals surface area contributed by atoms with Crippen LogP contribution in [-0.2, 0) is 0 Å². The lowest BCUT2D eigenvalue weighted by Gasteiger charge is -2.27. The SMILES string of the molecule is N#Cc1cc(Br)cc(NC2CCC(O)CC2)c1. The standard InChI is InChI=1S/C13H15BrN2O/c14-10-5-9(8-15)6-12(7-10)16-11-1-3-13(17)4-2-11/h5-7,11,13,16-17H,1-4H2. The fraction of sp³-hybridized carbons (Fsp3) is 0.462. The van der Waals surface area contributed by atoms with Crippen molar-refractivity contribution in [3.05, 3.63) is 28.2 Å². The van der Waals surface area contributed by atoms with Crippen LogP contribution in [0.4, 0.5) is 5.69 Å². The number of rotatable bonds is 2. The summed E-state index contributed by atoms with van der Waals surface area (Å²) in [7, 11) is 0. The summed E-state index contributed by atoms with van der Waals surface area (Å²) in [4.78, 5) is 0. The van der Waals surface area contributed by atoms with Gasteiger partial charge in [0.1, 0.15) is 0 Å². The third-order valence-corrected chi connectivity index (χ3v) is 3.55. The number of aliphatic hydroxyl groups is 1. The molecule has 17 heavy (non-hydrogen) atoms. The normalized spacial score (nSPS) is 24.1. The maximum absolute atomic E-state index is 9.44. The van der Waals surface area contributed by atoms with E-state index in [2.05, 4.69) is 27.3 Å². The Labute approximate surface area is 110 Å². The topological polar surface area (TPSA) is 56.0 Å². The number of halogens is 1. The van der Waals surface area contributed by atoms with E-state index in [1.165, 1.54) is 0 Å². The van der Waals surface area contributed by atoms with Crippen molar-refractivity contribution in [1.29, 1.82) is 5.26 Å². The fourth-order valence-electron chi connectivity index (χ4n) is 2.19. The molecule has 0 spiro atoms. The molecule has 1 saturated carbocycles. The van der Waals surface area contributed by atoms with E-state index >= 15 is 0 Å². The smallest absolute Gasteiger partial charge is 0.0992 e. The van der Waals surface area contributed by atoms with Gasteiger partial charge >= 0.3 is 0 Å². The van der Waals surface area contributed by atoms with Gasteiger partial charge in [-0.3, -0.25) is 0 Å². The predicted octanol–water partition coefficient (Wildman–Crippen LogP) is 3.04. The van der Waals surface area contributed by atoms with Gasteiger partial charge in [0.05, 0.1) is 17.7 Å². The van der Waals surface area contributed by atoms with E-state index < -0.39 is 0 Å². The zero-order valence-electron chi connectivity index (χ0n) is 9.49. The lowest BCUT2D eigenvalue weighted by atomic mass is 9.93. The van der Waals surface area contributed by atoms with E-state index in [4.69, 9.17) is 5.26 Å². The lowest BCUT2D eigenvalue weighted by molar-refractivity contribution is 0.126. The Bertz CT molecular complexity index is 434. The second-order valence-electron chi connectivity index (χ2n) is 4.49. The summed E-state index contributed by atoms with van der Waals surface area (Å²) in [5.41, 5.74) is 1.62. The first-order valence-corrected chi connectivity index (χ1v) is 6.62. The van der Waals surface area contributed by atoms with Gasteiger partial charge in [-0.1, -0.05) is 15.9 Å². The molecule has 0 heterocycles. The molecule has 0 radical (unpaired) electrons. The van der Waals surface area contributed by atoms with Gasteiger partial charge in [0.2, 0.25) is 0 Å². The quantitative estimate of drug-likeness (QED) is 0.881. The van der Waals surface area contributed by atoms with Gasteiger partial charge in [-0.15, -0.1) is 0 Å². The number of aliphatic hydroxyl groups excluding tert-OH is 1. The zero-order chi connectivity index (χ0) is 12.3. The third-order valence-electron chi connectivity index (χ3n) is 3.09. The van der Waals surface area contributed by atoms with Crippen molar-refractivity contribution in [1.82, 2.24) is 0 Å². The molecule has 0 amide bonds. The third kappa shape index (κ3) is 3.45. The molecule has 2 rings (SSSR count). The van der Waals surface area contributed by atoms with E-state index in [1.807, 2.05) is 12.1 Å². The van der Waals surface area contributed by atoms with Crippen molar-refractivity contribution in [2.24, 2.45) is 0 Å². The first-order valence-electron chi connectivity index (χ1n) is 5.82. The minimum Gasteiger partial charge on any atom is -0.393 e. The van der Waals surface area contributed by atoms with Crippen LogP contribution in [0.2, 0.25) is 0 Å². The molecule has 1 aromatic carbocycles. The maximum Gasteiger partial charge on any atom is 0.0992 e. The summed E-state index contributed by atoms with van der Waals surface area (Å²) in [6.07, 6.45) is 3.55. The Morgan fingerprint density at radius 1 is 1.24 bits per heavy atom. The number of nitriles is 1. The molecule has 3 nitrogen and oxygen atoms in total. The van der Waals surface area contributed by atoms with Crippen LogP contribution in [0.5, 0.6) is 0 Å². The number of nitrogens with zero attached hydrogens (tertiary/aromatic N) is 1. The molecule has 1 fully saturated rings. The number of anilines is 1. The van der Waals surface area contributed by atoms with Crippen LogP contribution in [0.1, 0.15) is 31.2 Å². The van der Waals surface area contributed by atoms with Gasteiger partial charge in [-0.25, -0.2) is 0 Å². The van der Waals surface area contributed by atoms with E-state index in [0.29, 0.717) is 11.6 Å². The summed E-state index contributed by atoms with van der Waals surface area (Å²) >= 11 is 3.40. The molecule has 1 aromatic rings. The first kappa shape index (κ1) is 12.4. The highest BCUT2D eigenvalue weighted by molar-refractivity contribution is 9.10. The Balaban J connectivity index is 2.03. The molecule has 0 atom stereocenters. The summed E-state index contributed by atoms with van der Waals surface area (Å²) < 4.78 is 0.912. The number of benzene rings is 1. The van der Waals surface area contributed by atoms with Gasteiger partial charge in [-0.2, -0.15) is 5.26 Å². The summed E-state index contributed by atoms with van der Waals surface area (Å²) in [5, 5.41) is 21.8. The Morgan fingerprint density at radius 3 is 2.59 bits per heavy atom. The van der Waals surface area contributed by atoms with E-state index in [9.17, 15) is 5.11 Å². The lowest BCUT2D eigenvalue weighted by Crippen LogP contribution is -2.28. The fourth-order valence-corrected chi connectivity index (χ4v) is 2.69. The Kier molecular flexibility index (Phi) is 4.03. The van der Waals surface area contributed by atoms with Crippen molar-refractivity contribution in [2.75, 3.05) is 5.32 Å². The molecular formula is C13H15BrN2O. The van der Waals surface area contributed by atoms with Gasteiger partial charge in [0.25, 0.3) is 0 Å². The minimum atomic E-state index is -0.134. The summed E-state index contributed by atoms with van der Waals surface area (Å²) in [6.45, 7) is 0. The summed E-state index contributed by atoms with van der Waals surface area (Å²) in [5.74, 6) is 0. The van der Waals surface area contributed by atoms with Crippen molar-refractivity contribution in [3.8, 4) is 6.07 Å². The van der Waals surface area contributed by atoms with Crippen LogP contribution in [0.15, 0.2) is 22.7 Å². The average Bonchev–Trinajstić information content (AvgIpc) is 2.31. The molecule has 4 heteroatoms. The van der Waals surface area contributed by atoms with E-state index in [1.54, 1.807) is 6.07 Å². The highest BCUT2D eigenvalue weighted by Gasteiger charge is 2.19. The van der Waals surface area contributed by atoms with Crippen LogP contribution in [-0.4, -0.2) is 17.3 Å². The van der Waals surface area contributed by atoms with Crippen molar-refractivity contribution >= 4 is 21.6 Å². The molecule has 90 valence electrons. The molecule has 2 N–H and O–H groups in total. The monoisotopic (exact) mass is 294 g/mol. The van der Waals surface area contributed by atoms with Crippen molar-refractivity contribution in [2.45, 2.75) is 37.8 Å². The minimum absolute atomic E-state index is 0.134. The highest BCUT2D eigenvalue weighted by Crippen LogP contribution is 2.25. The van der Waals surface area contributed by atoms with Crippen LogP contribution in [0.25, 0.3) is 0 Å². The van der Waals surface area contributed by atoms with Crippen LogP contribution in [0.3, 0.4) is 0 Å². The van der Waals surface area contributed by atoms with Crippen LogP contribution >= 0.6 is 15.9 Å². The van der Waals surface area contributed by atoms with Gasteiger partial charge in [0, 0.05) is 16.2 Å². The molecule has 0 saturated heterocycles. The largest absolute Gasteiger partial charge is 0.393 e. The van der Waals surface area contributed by atoms with Crippen molar-refractivity contribution in [3.63, 3.8) is 0 Å². The second-order valence-corrected chi connectivity index (χ2v) is 5.41. The maximum atomic E-state index is 9.44. The Morgan fingerprint density at radius 2 is 1.94 bits per heavy atom. The van der Waals surface area contributed by atoms with Crippen LogP contribution < -0.4 is 5.32 Å². The predicted molar refractivity (Wildman–Crippen MR) is 70.7 cm³/mol. The number of nitrogens with one attached hydrogen (secondary N) is 1. The molecule has 1 aliphatic rings. The Hall–Kier alpha value is -1.05. The molecule has 0 unspecified atom stereocenters. The van der Waals surface area contributed by atoms with Gasteiger partial charge < -0.3 is 10.4 Å². The molecule has 1 aliphatic carbocycles. The molecular weight excluding hydrogens is 280 g/mol. The number of hydrogen-bond donors (Lipinski definition) is 2. The molecule has 0 aromatic heterocycles. The van der Waals surface area contributed by atoms with Gasteiger partial charge in [-0.05, 0) is 43.9 Å². The van der Waals surface area contributed by atoms with E-state index in [-0.39, 0.29) is 6.10 Å². The van der Waals surface area contributed by atoms with E-state index in [0.717, 1.165) is 35.8 Å². The number of hydrogen-bond acceptors (Lipinski definition) is 3. The average molecular weight is 295 g/mol.